The summed E-state index contributed by atoms with van der Waals surface area (Å²) in [5.74, 6) is 1.27. The number of benzene rings is 1. The fourth-order valence-corrected chi connectivity index (χ4v) is 2.03. The number of carbonyl (C=O) groups is 1. The SMILES string of the molecule is CN=C(NCCNC(=O)c1cccc(OC)c1)NCC(C)(C)SC. The van der Waals surface area contributed by atoms with Crippen LogP contribution in [0.1, 0.15) is 24.2 Å². The van der Waals surface area contributed by atoms with Crippen molar-refractivity contribution >= 4 is 23.6 Å². The molecule has 0 saturated heterocycles. The molecule has 134 valence electrons. The van der Waals surface area contributed by atoms with Gasteiger partial charge in [0.25, 0.3) is 5.91 Å². The molecule has 1 aromatic carbocycles. The number of nitrogens with zero attached hydrogens (tertiary/aromatic N) is 1. The molecular weight excluding hydrogens is 324 g/mol. The van der Waals surface area contributed by atoms with Crippen molar-refractivity contribution in [2.75, 3.05) is 40.0 Å². The second-order valence-corrected chi connectivity index (χ2v) is 7.32. The van der Waals surface area contributed by atoms with Crippen LogP contribution in [0.5, 0.6) is 5.75 Å². The Balaban J connectivity index is 2.34. The summed E-state index contributed by atoms with van der Waals surface area (Å²) in [5, 5.41) is 9.34. The molecule has 0 saturated carbocycles. The van der Waals surface area contributed by atoms with Gasteiger partial charge in [0.05, 0.1) is 7.11 Å². The summed E-state index contributed by atoms with van der Waals surface area (Å²) in [6, 6.07) is 7.08. The fraction of sp³-hybridized carbons (Fsp3) is 0.529. The number of methoxy groups -OCH3 is 1. The highest BCUT2D eigenvalue weighted by atomic mass is 32.2. The molecule has 0 radical (unpaired) electrons. The lowest BCUT2D eigenvalue weighted by Gasteiger charge is -2.23. The van der Waals surface area contributed by atoms with Crippen LogP contribution in [0.2, 0.25) is 0 Å². The van der Waals surface area contributed by atoms with E-state index in [1.54, 1.807) is 44.1 Å². The van der Waals surface area contributed by atoms with E-state index in [1.165, 1.54) is 0 Å². The van der Waals surface area contributed by atoms with E-state index in [-0.39, 0.29) is 10.7 Å². The molecule has 0 aliphatic carbocycles. The van der Waals surface area contributed by atoms with Crippen LogP contribution in [0.4, 0.5) is 0 Å². The molecule has 6 nitrogen and oxygen atoms in total. The maximum absolute atomic E-state index is 12.1. The monoisotopic (exact) mass is 352 g/mol. The number of amides is 1. The Bertz CT molecular complexity index is 561. The number of hydrogen-bond donors (Lipinski definition) is 3. The predicted octanol–water partition coefficient (Wildman–Crippen LogP) is 1.73. The molecule has 0 aliphatic rings. The number of carbonyl (C=O) groups excluding carboxylic acids is 1. The second kappa shape index (κ2) is 10.1. The van der Waals surface area contributed by atoms with Crippen molar-refractivity contribution in [2.24, 2.45) is 4.99 Å². The Hall–Kier alpha value is -1.89. The first-order valence-corrected chi connectivity index (χ1v) is 9.06. The largest absolute Gasteiger partial charge is 0.497 e. The third kappa shape index (κ3) is 7.12. The van der Waals surface area contributed by atoms with E-state index in [9.17, 15) is 4.79 Å². The van der Waals surface area contributed by atoms with Crippen molar-refractivity contribution in [3.05, 3.63) is 29.8 Å². The molecule has 24 heavy (non-hydrogen) atoms. The first-order valence-electron chi connectivity index (χ1n) is 7.84. The van der Waals surface area contributed by atoms with Crippen LogP contribution in [0.3, 0.4) is 0 Å². The van der Waals surface area contributed by atoms with E-state index in [1.807, 2.05) is 6.07 Å². The lowest BCUT2D eigenvalue weighted by Crippen LogP contribution is -2.45. The molecule has 1 rings (SSSR count). The van der Waals surface area contributed by atoms with Gasteiger partial charge in [-0.05, 0) is 38.3 Å². The van der Waals surface area contributed by atoms with Crippen molar-refractivity contribution in [3.8, 4) is 5.75 Å². The van der Waals surface area contributed by atoms with Gasteiger partial charge in [0, 0.05) is 37.0 Å². The summed E-state index contributed by atoms with van der Waals surface area (Å²) in [7, 11) is 3.31. The predicted molar refractivity (Wildman–Crippen MR) is 102 cm³/mol. The zero-order valence-electron chi connectivity index (χ0n) is 15.1. The lowest BCUT2D eigenvalue weighted by molar-refractivity contribution is 0.0954. The molecule has 1 amide bonds. The van der Waals surface area contributed by atoms with Gasteiger partial charge < -0.3 is 20.7 Å². The van der Waals surface area contributed by atoms with Gasteiger partial charge in [-0.25, -0.2) is 0 Å². The van der Waals surface area contributed by atoms with Crippen LogP contribution >= 0.6 is 11.8 Å². The normalized spacial score (nSPS) is 11.8. The van der Waals surface area contributed by atoms with E-state index < -0.39 is 0 Å². The number of nitrogens with one attached hydrogen (secondary N) is 3. The quantitative estimate of drug-likeness (QED) is 0.377. The minimum atomic E-state index is -0.123. The standard InChI is InChI=1S/C17H28N4O2S/c1-17(2,24-5)12-21-16(18-3)20-10-9-19-15(22)13-7-6-8-14(11-13)23-4/h6-8,11H,9-10,12H2,1-5H3,(H,19,22)(H2,18,20,21). The number of ether oxygens (including phenoxy) is 1. The smallest absolute Gasteiger partial charge is 0.251 e. The average Bonchev–Trinajstić information content (AvgIpc) is 2.60. The highest BCUT2D eigenvalue weighted by Gasteiger charge is 2.16. The number of aliphatic imine (C=N–C) groups is 1. The van der Waals surface area contributed by atoms with E-state index in [4.69, 9.17) is 4.74 Å². The molecule has 3 N–H and O–H groups in total. The molecule has 7 heteroatoms. The summed E-state index contributed by atoms with van der Waals surface area (Å²) in [6.07, 6.45) is 2.09. The van der Waals surface area contributed by atoms with Crippen LogP contribution < -0.4 is 20.7 Å². The Kier molecular flexibility index (Phi) is 8.46. The maximum Gasteiger partial charge on any atom is 0.251 e. The summed E-state index contributed by atoms with van der Waals surface area (Å²) < 4.78 is 5.26. The Morgan fingerprint density at radius 1 is 1.25 bits per heavy atom. The first-order chi connectivity index (χ1) is 11.4. The van der Waals surface area contributed by atoms with Gasteiger partial charge in [-0.1, -0.05) is 6.07 Å². The molecule has 0 atom stereocenters. The van der Waals surface area contributed by atoms with Crippen molar-refractivity contribution in [1.82, 2.24) is 16.0 Å². The molecule has 0 heterocycles. The maximum atomic E-state index is 12.1. The van der Waals surface area contributed by atoms with Crippen LogP contribution in [0.25, 0.3) is 0 Å². The third-order valence-corrected chi connectivity index (χ3v) is 4.74. The van der Waals surface area contributed by atoms with Gasteiger partial charge in [0.2, 0.25) is 0 Å². The summed E-state index contributed by atoms with van der Waals surface area (Å²) in [5.41, 5.74) is 0.582. The summed E-state index contributed by atoms with van der Waals surface area (Å²) in [6.45, 7) is 6.25. The van der Waals surface area contributed by atoms with Crippen LogP contribution in [-0.2, 0) is 0 Å². The molecule has 0 spiro atoms. The lowest BCUT2D eigenvalue weighted by atomic mass is 10.2. The Labute approximate surface area is 148 Å². The molecule has 0 aromatic heterocycles. The molecule has 1 aromatic rings. The van der Waals surface area contributed by atoms with Gasteiger partial charge in [0.15, 0.2) is 5.96 Å². The molecular formula is C17H28N4O2S. The van der Waals surface area contributed by atoms with Crippen LogP contribution in [0, 0.1) is 0 Å². The number of rotatable bonds is 8. The summed E-state index contributed by atoms with van der Waals surface area (Å²) in [4.78, 5) is 16.3. The first kappa shape index (κ1) is 20.2. The van der Waals surface area contributed by atoms with E-state index in [2.05, 4.69) is 41.0 Å². The summed E-state index contributed by atoms with van der Waals surface area (Å²) >= 11 is 1.80. The Morgan fingerprint density at radius 3 is 2.58 bits per heavy atom. The number of guanidine groups is 1. The van der Waals surface area contributed by atoms with Crippen LogP contribution in [-0.4, -0.2) is 56.7 Å². The van der Waals surface area contributed by atoms with Gasteiger partial charge >= 0.3 is 0 Å². The van der Waals surface area contributed by atoms with Gasteiger partial charge in [-0.3, -0.25) is 9.79 Å². The number of hydrogen-bond acceptors (Lipinski definition) is 4. The zero-order valence-corrected chi connectivity index (χ0v) is 15.9. The van der Waals surface area contributed by atoms with Crippen molar-refractivity contribution < 1.29 is 9.53 Å². The van der Waals surface area contributed by atoms with Gasteiger partial charge in [-0.2, -0.15) is 11.8 Å². The molecule has 0 fully saturated rings. The fourth-order valence-electron chi connectivity index (χ4n) is 1.81. The van der Waals surface area contributed by atoms with E-state index in [0.29, 0.717) is 24.4 Å². The van der Waals surface area contributed by atoms with Crippen molar-refractivity contribution in [1.29, 1.82) is 0 Å². The van der Waals surface area contributed by atoms with Crippen molar-refractivity contribution in [2.45, 2.75) is 18.6 Å². The minimum Gasteiger partial charge on any atom is -0.497 e. The number of thioether (sulfide) groups is 1. The van der Waals surface area contributed by atoms with E-state index in [0.717, 1.165) is 12.5 Å². The zero-order chi connectivity index (χ0) is 18.0. The van der Waals surface area contributed by atoms with Crippen LogP contribution in [0.15, 0.2) is 29.3 Å². The average molecular weight is 353 g/mol. The van der Waals surface area contributed by atoms with Crippen molar-refractivity contribution in [3.63, 3.8) is 0 Å². The molecule has 0 bridgehead atoms. The van der Waals surface area contributed by atoms with Gasteiger partial charge in [-0.15, -0.1) is 0 Å². The minimum absolute atomic E-state index is 0.123. The van der Waals surface area contributed by atoms with E-state index >= 15 is 0 Å². The van der Waals surface area contributed by atoms with Gasteiger partial charge in [0.1, 0.15) is 5.75 Å². The molecule has 0 unspecified atom stereocenters. The third-order valence-electron chi connectivity index (χ3n) is 3.49. The second-order valence-electron chi connectivity index (χ2n) is 5.80. The molecule has 0 aliphatic heterocycles. The Morgan fingerprint density at radius 2 is 1.96 bits per heavy atom. The topological polar surface area (TPSA) is 74.8 Å². The highest BCUT2D eigenvalue weighted by molar-refractivity contribution is 7.99. The highest BCUT2D eigenvalue weighted by Crippen LogP contribution is 2.19.